The lowest BCUT2D eigenvalue weighted by Crippen LogP contribution is -2.14. The molecule has 0 saturated heterocycles. The van der Waals surface area contributed by atoms with E-state index in [0.29, 0.717) is 16.4 Å². The van der Waals surface area contributed by atoms with Crippen LogP contribution in [0.25, 0.3) is 10.2 Å². The maximum atomic E-state index is 12.0. The molecule has 0 aliphatic rings. The third kappa shape index (κ3) is 2.25. The summed E-state index contributed by atoms with van der Waals surface area (Å²) in [5.41, 5.74) is 7.34. The molecule has 2 aromatic heterocycles. The molecule has 3 aromatic rings. The summed E-state index contributed by atoms with van der Waals surface area (Å²) in [6, 6.07) is 9.30. The zero-order chi connectivity index (χ0) is 13.2. The Morgan fingerprint density at radius 1 is 1.26 bits per heavy atom. The number of nitrogen functional groups attached to an aromatic ring is 1. The highest BCUT2D eigenvalue weighted by Crippen LogP contribution is 2.26. The van der Waals surface area contributed by atoms with Crippen LogP contribution in [0.15, 0.2) is 42.7 Å². The summed E-state index contributed by atoms with van der Waals surface area (Å²) in [6.45, 7) is 0. The number of benzene rings is 1. The van der Waals surface area contributed by atoms with Crippen molar-refractivity contribution < 1.29 is 4.79 Å². The number of hydrogen-bond donors (Lipinski definition) is 2. The first-order valence-corrected chi connectivity index (χ1v) is 6.42. The molecular formula is C13H10N4OS. The van der Waals surface area contributed by atoms with Crippen molar-refractivity contribution in [3.8, 4) is 0 Å². The van der Waals surface area contributed by atoms with E-state index in [0.717, 1.165) is 10.2 Å². The number of fused-ring (bicyclic) bond motifs is 1. The molecule has 0 unspecified atom stereocenters. The predicted molar refractivity (Wildman–Crippen MR) is 76.2 cm³/mol. The summed E-state index contributed by atoms with van der Waals surface area (Å²) in [7, 11) is 0. The number of nitrogens with one attached hydrogen (secondary N) is 1. The Morgan fingerprint density at radius 2 is 2.11 bits per heavy atom. The molecule has 0 saturated carbocycles. The molecular weight excluding hydrogens is 260 g/mol. The van der Waals surface area contributed by atoms with Gasteiger partial charge in [-0.05, 0) is 18.2 Å². The van der Waals surface area contributed by atoms with Crippen LogP contribution in [0.3, 0.4) is 0 Å². The van der Waals surface area contributed by atoms with Crippen molar-refractivity contribution in [1.82, 2.24) is 9.97 Å². The number of amides is 1. The molecule has 0 radical (unpaired) electrons. The number of rotatable bonds is 2. The number of nitrogens with zero attached hydrogens (tertiary/aromatic N) is 2. The van der Waals surface area contributed by atoms with Crippen molar-refractivity contribution in [3.05, 3.63) is 48.3 Å². The van der Waals surface area contributed by atoms with Crippen LogP contribution < -0.4 is 11.1 Å². The van der Waals surface area contributed by atoms with Crippen LogP contribution in [0.4, 0.5) is 10.8 Å². The van der Waals surface area contributed by atoms with E-state index >= 15 is 0 Å². The van der Waals surface area contributed by atoms with Crippen LogP contribution in [0.1, 0.15) is 10.4 Å². The Bertz CT molecular complexity index is 720. The van der Waals surface area contributed by atoms with Gasteiger partial charge < -0.3 is 5.73 Å². The van der Waals surface area contributed by atoms with Crippen molar-refractivity contribution in [3.63, 3.8) is 0 Å². The van der Waals surface area contributed by atoms with Gasteiger partial charge in [-0.25, -0.2) is 4.98 Å². The zero-order valence-corrected chi connectivity index (χ0v) is 10.6. The lowest BCUT2D eigenvalue weighted by molar-refractivity contribution is 0.102. The minimum Gasteiger partial charge on any atom is -0.398 e. The Hall–Kier alpha value is -2.47. The first-order valence-electron chi connectivity index (χ1n) is 5.60. The molecule has 0 spiro atoms. The van der Waals surface area contributed by atoms with Gasteiger partial charge in [0, 0.05) is 18.1 Å². The van der Waals surface area contributed by atoms with Gasteiger partial charge in [0.05, 0.1) is 15.8 Å². The Balaban J connectivity index is 1.89. The zero-order valence-electron chi connectivity index (χ0n) is 9.83. The number of anilines is 2. The summed E-state index contributed by atoms with van der Waals surface area (Å²) in [6.07, 6.45) is 2.99. The van der Waals surface area contributed by atoms with Gasteiger partial charge in [-0.2, -0.15) is 0 Å². The van der Waals surface area contributed by atoms with Crippen LogP contribution in [0, 0.1) is 0 Å². The van der Waals surface area contributed by atoms with Gasteiger partial charge in [-0.15, -0.1) is 0 Å². The Kier molecular flexibility index (Phi) is 2.85. The highest BCUT2D eigenvalue weighted by Gasteiger charge is 2.12. The van der Waals surface area contributed by atoms with Gasteiger partial charge in [0.15, 0.2) is 5.13 Å². The summed E-state index contributed by atoms with van der Waals surface area (Å²) in [5.74, 6) is -0.301. The smallest absolute Gasteiger partial charge is 0.261 e. The van der Waals surface area contributed by atoms with Gasteiger partial charge in [0.25, 0.3) is 5.91 Å². The van der Waals surface area contributed by atoms with Crippen LogP contribution in [-0.4, -0.2) is 15.9 Å². The minimum atomic E-state index is -0.301. The number of pyridine rings is 1. The number of aromatic nitrogens is 2. The fourth-order valence-electron chi connectivity index (χ4n) is 1.69. The van der Waals surface area contributed by atoms with Crippen molar-refractivity contribution in [1.29, 1.82) is 0 Å². The van der Waals surface area contributed by atoms with Crippen LogP contribution in [0.5, 0.6) is 0 Å². The van der Waals surface area contributed by atoms with Crippen LogP contribution >= 0.6 is 11.3 Å². The highest BCUT2D eigenvalue weighted by atomic mass is 32.1. The predicted octanol–water partition coefficient (Wildman–Crippen LogP) is 2.53. The topological polar surface area (TPSA) is 80.9 Å². The van der Waals surface area contributed by atoms with E-state index in [1.54, 1.807) is 12.3 Å². The average Bonchev–Trinajstić information content (AvgIpc) is 2.81. The standard InChI is InChI=1S/C13H10N4OS/c14-9-5-6-15-7-8(9)12(18)17-13-16-10-3-1-2-4-11(10)19-13/h1-7H,(H2,14,15)(H,16,17,18). The van der Waals surface area contributed by atoms with E-state index in [1.807, 2.05) is 24.3 Å². The molecule has 3 rings (SSSR count). The van der Waals surface area contributed by atoms with E-state index < -0.39 is 0 Å². The fraction of sp³-hybridized carbons (Fsp3) is 0. The van der Waals surface area contributed by atoms with Crippen molar-refractivity contribution in [2.45, 2.75) is 0 Å². The normalized spacial score (nSPS) is 10.5. The summed E-state index contributed by atoms with van der Waals surface area (Å²) in [5, 5.41) is 3.29. The third-order valence-corrected chi connectivity index (χ3v) is 3.57. The van der Waals surface area contributed by atoms with Gasteiger partial charge in [-0.3, -0.25) is 15.1 Å². The van der Waals surface area contributed by atoms with Gasteiger partial charge in [0.2, 0.25) is 0 Å². The maximum absolute atomic E-state index is 12.0. The monoisotopic (exact) mass is 270 g/mol. The molecule has 19 heavy (non-hydrogen) atoms. The second-order valence-corrected chi connectivity index (χ2v) is 4.93. The first-order chi connectivity index (χ1) is 9.24. The fourth-order valence-corrected chi connectivity index (χ4v) is 2.55. The molecule has 0 aliphatic carbocycles. The molecule has 6 heteroatoms. The number of para-hydroxylation sites is 1. The number of carbonyl (C=O) groups excluding carboxylic acids is 1. The van der Waals surface area contributed by atoms with Crippen molar-refractivity contribution in [2.75, 3.05) is 11.1 Å². The molecule has 0 bridgehead atoms. The third-order valence-electron chi connectivity index (χ3n) is 2.61. The maximum Gasteiger partial charge on any atom is 0.261 e. The molecule has 94 valence electrons. The van der Waals surface area contributed by atoms with E-state index in [2.05, 4.69) is 15.3 Å². The number of carbonyl (C=O) groups is 1. The molecule has 0 fully saturated rings. The molecule has 5 nitrogen and oxygen atoms in total. The lowest BCUT2D eigenvalue weighted by Gasteiger charge is -2.03. The van der Waals surface area contributed by atoms with E-state index in [9.17, 15) is 4.79 Å². The summed E-state index contributed by atoms with van der Waals surface area (Å²) >= 11 is 1.42. The van der Waals surface area contributed by atoms with Gasteiger partial charge in [0.1, 0.15) is 0 Å². The molecule has 3 N–H and O–H groups in total. The second-order valence-electron chi connectivity index (χ2n) is 3.90. The Morgan fingerprint density at radius 3 is 2.89 bits per heavy atom. The molecule has 0 aliphatic heterocycles. The largest absolute Gasteiger partial charge is 0.398 e. The van der Waals surface area contributed by atoms with Crippen LogP contribution in [-0.2, 0) is 0 Å². The first kappa shape index (κ1) is 11.6. The van der Waals surface area contributed by atoms with Crippen molar-refractivity contribution in [2.24, 2.45) is 0 Å². The molecule has 0 atom stereocenters. The molecule has 1 aromatic carbocycles. The van der Waals surface area contributed by atoms with Crippen LogP contribution in [0.2, 0.25) is 0 Å². The van der Waals surface area contributed by atoms with Crippen molar-refractivity contribution >= 4 is 38.3 Å². The second kappa shape index (κ2) is 4.66. The number of thiazole rings is 1. The van der Waals surface area contributed by atoms with Gasteiger partial charge in [-0.1, -0.05) is 23.5 Å². The quantitative estimate of drug-likeness (QED) is 0.749. The number of hydrogen-bond acceptors (Lipinski definition) is 5. The highest BCUT2D eigenvalue weighted by molar-refractivity contribution is 7.22. The number of nitrogens with two attached hydrogens (primary N) is 1. The van der Waals surface area contributed by atoms with Gasteiger partial charge >= 0.3 is 0 Å². The summed E-state index contributed by atoms with van der Waals surface area (Å²) in [4.78, 5) is 20.3. The van der Waals surface area contributed by atoms with E-state index in [1.165, 1.54) is 17.5 Å². The summed E-state index contributed by atoms with van der Waals surface area (Å²) < 4.78 is 1.02. The molecule has 2 heterocycles. The Labute approximate surface area is 113 Å². The molecule has 1 amide bonds. The van der Waals surface area contributed by atoms with E-state index in [-0.39, 0.29) is 5.91 Å². The SMILES string of the molecule is Nc1ccncc1C(=O)Nc1nc2ccccc2s1. The average molecular weight is 270 g/mol. The lowest BCUT2D eigenvalue weighted by atomic mass is 10.2. The minimum absolute atomic E-state index is 0.301. The van der Waals surface area contributed by atoms with E-state index in [4.69, 9.17) is 5.73 Å².